The van der Waals surface area contributed by atoms with E-state index in [0.29, 0.717) is 0 Å². The highest BCUT2D eigenvalue weighted by Crippen LogP contribution is 2.39. The summed E-state index contributed by atoms with van der Waals surface area (Å²) < 4.78 is 0. The molecule has 1 aromatic carbocycles. The molecule has 0 saturated heterocycles. The van der Waals surface area contributed by atoms with E-state index in [0.717, 1.165) is 12.5 Å². The summed E-state index contributed by atoms with van der Waals surface area (Å²) in [4.78, 5) is 1.48. The van der Waals surface area contributed by atoms with Crippen LogP contribution in [0.5, 0.6) is 0 Å². The predicted octanol–water partition coefficient (Wildman–Crippen LogP) is 2.62. The summed E-state index contributed by atoms with van der Waals surface area (Å²) in [7, 11) is 1.99. The molecule has 1 aliphatic heterocycles. The molecule has 13 heavy (non-hydrogen) atoms. The fourth-order valence-electron chi connectivity index (χ4n) is 1.73. The van der Waals surface area contributed by atoms with Crippen LogP contribution in [-0.4, -0.2) is 12.8 Å². The summed E-state index contributed by atoms with van der Waals surface area (Å²) in [5.41, 5.74) is 2.94. The van der Waals surface area contributed by atoms with Crippen molar-refractivity contribution in [3.63, 3.8) is 0 Å². The van der Waals surface area contributed by atoms with Gasteiger partial charge in [-0.05, 0) is 30.2 Å². The number of benzene rings is 1. The highest BCUT2D eigenvalue weighted by atomic mass is 32.2. The lowest BCUT2D eigenvalue weighted by atomic mass is 10.0. The maximum atomic E-state index is 3.18. The SMILES string of the molecule is CNCc1ccc2c(c1)C(C)CS2. The van der Waals surface area contributed by atoms with Crippen LogP contribution in [0.4, 0.5) is 0 Å². The van der Waals surface area contributed by atoms with Gasteiger partial charge < -0.3 is 5.32 Å². The number of nitrogens with one attached hydrogen (secondary N) is 1. The Kier molecular flexibility index (Phi) is 2.61. The number of hydrogen-bond acceptors (Lipinski definition) is 2. The van der Waals surface area contributed by atoms with Crippen molar-refractivity contribution in [2.45, 2.75) is 24.3 Å². The van der Waals surface area contributed by atoms with Gasteiger partial charge in [-0.15, -0.1) is 11.8 Å². The maximum absolute atomic E-state index is 3.18. The minimum Gasteiger partial charge on any atom is -0.316 e. The van der Waals surface area contributed by atoms with Gasteiger partial charge in [-0.25, -0.2) is 0 Å². The van der Waals surface area contributed by atoms with Crippen molar-refractivity contribution in [3.8, 4) is 0 Å². The van der Waals surface area contributed by atoms with E-state index in [1.807, 2.05) is 18.8 Å². The minimum absolute atomic E-state index is 0.733. The Morgan fingerprint density at radius 3 is 3.15 bits per heavy atom. The largest absolute Gasteiger partial charge is 0.316 e. The second kappa shape index (κ2) is 3.72. The first kappa shape index (κ1) is 9.10. The maximum Gasteiger partial charge on any atom is 0.0202 e. The molecule has 0 aromatic heterocycles. The summed E-state index contributed by atoms with van der Waals surface area (Å²) in [6.45, 7) is 3.28. The zero-order valence-electron chi connectivity index (χ0n) is 8.13. The van der Waals surface area contributed by atoms with Crippen molar-refractivity contribution in [2.75, 3.05) is 12.8 Å². The van der Waals surface area contributed by atoms with Gasteiger partial charge in [0.15, 0.2) is 0 Å². The van der Waals surface area contributed by atoms with Crippen LogP contribution in [-0.2, 0) is 6.54 Å². The van der Waals surface area contributed by atoms with E-state index < -0.39 is 0 Å². The molecule has 1 heterocycles. The van der Waals surface area contributed by atoms with E-state index in [-0.39, 0.29) is 0 Å². The van der Waals surface area contributed by atoms with Gasteiger partial charge in [0.05, 0.1) is 0 Å². The molecule has 1 aliphatic rings. The first-order valence-corrected chi connectivity index (χ1v) is 5.70. The zero-order valence-corrected chi connectivity index (χ0v) is 8.95. The lowest BCUT2D eigenvalue weighted by Gasteiger charge is -2.06. The van der Waals surface area contributed by atoms with Gasteiger partial charge in [-0.3, -0.25) is 0 Å². The Morgan fingerprint density at radius 1 is 1.54 bits per heavy atom. The molecule has 0 fully saturated rings. The topological polar surface area (TPSA) is 12.0 Å². The van der Waals surface area contributed by atoms with Crippen LogP contribution < -0.4 is 5.32 Å². The molecule has 1 nitrogen and oxygen atoms in total. The van der Waals surface area contributed by atoms with Gasteiger partial charge in [0.25, 0.3) is 0 Å². The van der Waals surface area contributed by atoms with Gasteiger partial charge in [0.2, 0.25) is 0 Å². The fraction of sp³-hybridized carbons (Fsp3) is 0.455. The number of hydrogen-bond donors (Lipinski definition) is 1. The van der Waals surface area contributed by atoms with Crippen molar-refractivity contribution in [1.82, 2.24) is 5.32 Å². The second-order valence-electron chi connectivity index (χ2n) is 3.61. The summed E-state index contributed by atoms with van der Waals surface area (Å²) in [5.74, 6) is 1.98. The van der Waals surface area contributed by atoms with Crippen molar-refractivity contribution >= 4 is 11.8 Å². The Bertz CT molecular complexity index is 309. The van der Waals surface area contributed by atoms with Gasteiger partial charge in [-0.2, -0.15) is 0 Å². The molecule has 1 aromatic rings. The molecule has 70 valence electrons. The lowest BCUT2D eigenvalue weighted by Crippen LogP contribution is -2.05. The van der Waals surface area contributed by atoms with Crippen LogP contribution in [0.15, 0.2) is 23.1 Å². The lowest BCUT2D eigenvalue weighted by molar-refractivity contribution is 0.807. The molecule has 2 rings (SSSR count). The van der Waals surface area contributed by atoms with E-state index in [1.54, 1.807) is 0 Å². The van der Waals surface area contributed by atoms with E-state index in [2.05, 4.69) is 30.4 Å². The zero-order chi connectivity index (χ0) is 9.26. The minimum atomic E-state index is 0.733. The van der Waals surface area contributed by atoms with E-state index >= 15 is 0 Å². The molecule has 0 amide bonds. The summed E-state index contributed by atoms with van der Waals surface area (Å²) in [6.07, 6.45) is 0. The van der Waals surface area contributed by atoms with Crippen LogP contribution in [0.2, 0.25) is 0 Å². The van der Waals surface area contributed by atoms with Crippen LogP contribution >= 0.6 is 11.8 Å². The Labute approximate surface area is 83.9 Å². The smallest absolute Gasteiger partial charge is 0.0202 e. The summed E-state index contributed by atoms with van der Waals surface area (Å²) in [5, 5.41) is 3.18. The van der Waals surface area contributed by atoms with Crippen LogP contribution in [0.25, 0.3) is 0 Å². The number of thioether (sulfide) groups is 1. The second-order valence-corrected chi connectivity index (χ2v) is 4.68. The van der Waals surface area contributed by atoms with Gasteiger partial charge >= 0.3 is 0 Å². The third kappa shape index (κ3) is 1.74. The molecule has 0 aliphatic carbocycles. The third-order valence-corrected chi connectivity index (χ3v) is 3.82. The normalized spacial score (nSPS) is 20.3. The average Bonchev–Trinajstić information content (AvgIpc) is 2.49. The third-order valence-electron chi connectivity index (χ3n) is 2.47. The molecule has 1 N–H and O–H groups in total. The molecule has 0 radical (unpaired) electrons. The van der Waals surface area contributed by atoms with Crippen molar-refractivity contribution in [2.24, 2.45) is 0 Å². The molecule has 0 saturated carbocycles. The van der Waals surface area contributed by atoms with Crippen LogP contribution in [0.1, 0.15) is 24.0 Å². The average molecular weight is 193 g/mol. The molecule has 0 spiro atoms. The monoisotopic (exact) mass is 193 g/mol. The molecule has 1 atom stereocenters. The molecule has 2 heteroatoms. The van der Waals surface area contributed by atoms with Gasteiger partial charge in [0.1, 0.15) is 0 Å². The van der Waals surface area contributed by atoms with Crippen LogP contribution in [0.3, 0.4) is 0 Å². The first-order chi connectivity index (χ1) is 6.31. The van der Waals surface area contributed by atoms with E-state index in [9.17, 15) is 0 Å². The number of fused-ring (bicyclic) bond motifs is 1. The molecular weight excluding hydrogens is 178 g/mol. The van der Waals surface area contributed by atoms with Gasteiger partial charge in [0, 0.05) is 17.2 Å². The molecular formula is C11H15NS. The fourth-order valence-corrected chi connectivity index (χ4v) is 2.93. The number of rotatable bonds is 2. The summed E-state index contributed by atoms with van der Waals surface area (Å²) in [6, 6.07) is 6.83. The van der Waals surface area contributed by atoms with Gasteiger partial charge in [-0.1, -0.05) is 19.1 Å². The molecule has 1 unspecified atom stereocenters. The molecule has 0 bridgehead atoms. The highest BCUT2D eigenvalue weighted by molar-refractivity contribution is 7.99. The van der Waals surface area contributed by atoms with E-state index in [1.165, 1.54) is 21.8 Å². The quantitative estimate of drug-likeness (QED) is 0.775. The highest BCUT2D eigenvalue weighted by Gasteiger charge is 2.18. The first-order valence-electron chi connectivity index (χ1n) is 4.71. The Balaban J connectivity index is 2.31. The van der Waals surface area contributed by atoms with Crippen molar-refractivity contribution < 1.29 is 0 Å². The summed E-state index contributed by atoms with van der Waals surface area (Å²) >= 11 is 1.98. The van der Waals surface area contributed by atoms with E-state index in [4.69, 9.17) is 0 Å². The Hall–Kier alpha value is -0.470. The predicted molar refractivity (Wildman–Crippen MR) is 58.3 cm³/mol. The Morgan fingerprint density at radius 2 is 2.38 bits per heavy atom. The van der Waals surface area contributed by atoms with Crippen molar-refractivity contribution in [1.29, 1.82) is 0 Å². The van der Waals surface area contributed by atoms with Crippen molar-refractivity contribution in [3.05, 3.63) is 29.3 Å². The van der Waals surface area contributed by atoms with Crippen LogP contribution in [0, 0.1) is 0 Å². The standard InChI is InChI=1S/C11H15NS/c1-8-7-13-11-4-3-9(6-12-2)5-10(8)11/h3-5,8,12H,6-7H2,1-2H3.